The van der Waals surface area contributed by atoms with E-state index in [2.05, 4.69) is 15.5 Å². The van der Waals surface area contributed by atoms with Gasteiger partial charge in [-0.1, -0.05) is 42.5 Å². The Balaban J connectivity index is 2.00. The molecule has 6 nitrogen and oxygen atoms in total. The van der Waals surface area contributed by atoms with Crippen LogP contribution in [0.1, 0.15) is 48.4 Å². The van der Waals surface area contributed by atoms with Crippen LogP contribution in [-0.4, -0.2) is 39.0 Å². The van der Waals surface area contributed by atoms with Gasteiger partial charge < -0.3 is 10.2 Å². The molecule has 162 valence electrons. The van der Waals surface area contributed by atoms with Crippen molar-refractivity contribution in [2.45, 2.75) is 38.8 Å². The number of carbonyl (C=O) groups excluding carboxylic acids is 2. The molecule has 2 amide bonds. The number of benzene rings is 2. The van der Waals surface area contributed by atoms with Crippen LogP contribution in [0.4, 0.5) is 4.39 Å². The van der Waals surface area contributed by atoms with Gasteiger partial charge >= 0.3 is 0 Å². The summed E-state index contributed by atoms with van der Waals surface area (Å²) in [7, 11) is 0. The second-order valence-corrected chi connectivity index (χ2v) is 8.40. The molecule has 7 heteroatoms. The molecule has 2 aromatic carbocycles. The van der Waals surface area contributed by atoms with Crippen LogP contribution in [0.3, 0.4) is 0 Å². The zero-order valence-corrected chi connectivity index (χ0v) is 17.9. The molecule has 0 aliphatic carbocycles. The third-order valence-corrected chi connectivity index (χ3v) is 4.72. The van der Waals surface area contributed by atoms with E-state index in [1.807, 2.05) is 51.1 Å². The van der Waals surface area contributed by atoms with Crippen LogP contribution in [-0.2, 0) is 11.2 Å². The van der Waals surface area contributed by atoms with Gasteiger partial charge in [0.1, 0.15) is 17.6 Å². The van der Waals surface area contributed by atoms with Crippen LogP contribution in [0, 0.1) is 5.82 Å². The highest BCUT2D eigenvalue weighted by atomic mass is 19.1. The van der Waals surface area contributed by atoms with Crippen molar-refractivity contribution >= 4 is 11.8 Å². The third-order valence-electron chi connectivity index (χ3n) is 4.72. The molecule has 0 unspecified atom stereocenters. The number of aromatic amines is 1. The highest BCUT2D eigenvalue weighted by Crippen LogP contribution is 2.25. The predicted octanol–water partition coefficient (Wildman–Crippen LogP) is 3.89. The zero-order valence-electron chi connectivity index (χ0n) is 17.9. The molecule has 0 fully saturated rings. The number of rotatable bonds is 7. The van der Waals surface area contributed by atoms with Gasteiger partial charge in [-0.25, -0.2) is 4.39 Å². The van der Waals surface area contributed by atoms with E-state index in [0.29, 0.717) is 18.5 Å². The maximum absolute atomic E-state index is 13.6. The molecule has 0 bridgehead atoms. The number of halogens is 1. The summed E-state index contributed by atoms with van der Waals surface area (Å²) in [6.45, 7) is 5.91. The Hall–Kier alpha value is -3.48. The molecule has 0 spiro atoms. The summed E-state index contributed by atoms with van der Waals surface area (Å²) in [6, 6.07) is 16.0. The minimum Gasteiger partial charge on any atom is -0.349 e. The largest absolute Gasteiger partial charge is 0.349 e. The van der Waals surface area contributed by atoms with Crippen LogP contribution in [0.2, 0.25) is 0 Å². The van der Waals surface area contributed by atoms with Crippen molar-refractivity contribution in [3.63, 3.8) is 0 Å². The number of carbonyl (C=O) groups is 2. The Labute approximate surface area is 181 Å². The highest BCUT2D eigenvalue weighted by molar-refractivity contribution is 5.96. The Morgan fingerprint density at radius 2 is 1.74 bits per heavy atom. The molecule has 0 radical (unpaired) electrons. The molecule has 3 rings (SSSR count). The van der Waals surface area contributed by atoms with Gasteiger partial charge in [0, 0.05) is 18.3 Å². The lowest BCUT2D eigenvalue weighted by Gasteiger charge is -2.33. The van der Waals surface area contributed by atoms with Gasteiger partial charge in [0.25, 0.3) is 5.91 Å². The zero-order chi connectivity index (χ0) is 22.4. The molecule has 0 aliphatic rings. The smallest absolute Gasteiger partial charge is 0.272 e. The highest BCUT2D eigenvalue weighted by Gasteiger charge is 2.34. The van der Waals surface area contributed by atoms with E-state index in [1.54, 1.807) is 6.07 Å². The normalized spacial score (nSPS) is 12.3. The van der Waals surface area contributed by atoms with E-state index in [0.717, 1.165) is 5.56 Å². The summed E-state index contributed by atoms with van der Waals surface area (Å²) in [5, 5.41) is 9.51. The summed E-state index contributed by atoms with van der Waals surface area (Å²) in [5.74, 6) is -1.10. The fraction of sp³-hybridized carbons (Fsp3) is 0.292. The molecule has 0 saturated carbocycles. The maximum Gasteiger partial charge on any atom is 0.272 e. The van der Waals surface area contributed by atoms with E-state index in [4.69, 9.17) is 0 Å². The van der Waals surface area contributed by atoms with Crippen molar-refractivity contribution in [2.24, 2.45) is 0 Å². The minimum absolute atomic E-state index is 0.281. The number of nitrogens with zero attached hydrogens (tertiary/aromatic N) is 2. The minimum atomic E-state index is -0.931. The molecule has 1 heterocycles. The number of H-pyrrole nitrogens is 1. The first kappa shape index (κ1) is 22.2. The maximum atomic E-state index is 13.6. The number of amides is 2. The van der Waals surface area contributed by atoms with Crippen molar-refractivity contribution in [2.75, 3.05) is 6.54 Å². The topological polar surface area (TPSA) is 78.1 Å². The van der Waals surface area contributed by atoms with E-state index >= 15 is 0 Å². The number of aromatic nitrogens is 2. The van der Waals surface area contributed by atoms with Gasteiger partial charge in [0.15, 0.2) is 0 Å². The van der Waals surface area contributed by atoms with Gasteiger partial charge in [0.2, 0.25) is 5.91 Å². The molecular weight excluding hydrogens is 395 g/mol. The monoisotopic (exact) mass is 422 g/mol. The van der Waals surface area contributed by atoms with E-state index in [1.165, 1.54) is 35.4 Å². The molecule has 0 saturated heterocycles. The van der Waals surface area contributed by atoms with E-state index in [9.17, 15) is 14.0 Å². The molecule has 31 heavy (non-hydrogen) atoms. The van der Waals surface area contributed by atoms with Gasteiger partial charge in [-0.2, -0.15) is 5.10 Å². The van der Waals surface area contributed by atoms with Crippen LogP contribution in [0.15, 0.2) is 66.9 Å². The Bertz CT molecular complexity index is 996. The van der Waals surface area contributed by atoms with Crippen LogP contribution >= 0.6 is 0 Å². The number of nitrogens with one attached hydrogen (secondary N) is 2. The fourth-order valence-electron chi connectivity index (χ4n) is 3.33. The van der Waals surface area contributed by atoms with Gasteiger partial charge in [-0.05, 0) is 56.5 Å². The number of hydrogen-bond donors (Lipinski definition) is 2. The quantitative estimate of drug-likeness (QED) is 0.606. The lowest BCUT2D eigenvalue weighted by atomic mass is 10.0. The first-order chi connectivity index (χ1) is 14.7. The molecule has 1 atom stereocenters. The molecular formula is C24H27FN4O2. The standard InChI is InChI=1S/C24H27FN4O2/c1-24(2,3)27-22(30)21(18-9-11-19(25)12-10-18)29(23(31)20-13-15-26-28-20)16-14-17-7-5-4-6-8-17/h4-13,15,21H,14,16H2,1-3H3,(H,26,28)(H,27,30)/t21-/m0/s1. The van der Waals surface area contributed by atoms with Crippen molar-refractivity contribution in [1.29, 1.82) is 0 Å². The molecule has 0 aliphatic heterocycles. The van der Waals surface area contributed by atoms with E-state index in [-0.39, 0.29) is 17.5 Å². The molecule has 2 N–H and O–H groups in total. The van der Waals surface area contributed by atoms with Crippen LogP contribution in [0.5, 0.6) is 0 Å². The first-order valence-electron chi connectivity index (χ1n) is 10.2. The summed E-state index contributed by atoms with van der Waals surface area (Å²) in [6.07, 6.45) is 2.05. The predicted molar refractivity (Wildman–Crippen MR) is 117 cm³/mol. The van der Waals surface area contributed by atoms with Crippen molar-refractivity contribution in [3.05, 3.63) is 89.5 Å². The lowest BCUT2D eigenvalue weighted by Crippen LogP contribution is -2.49. The van der Waals surface area contributed by atoms with Gasteiger partial charge in [-0.15, -0.1) is 0 Å². The van der Waals surface area contributed by atoms with Gasteiger partial charge in [-0.3, -0.25) is 14.7 Å². The Morgan fingerprint density at radius 1 is 1.06 bits per heavy atom. The fourth-order valence-corrected chi connectivity index (χ4v) is 3.33. The average molecular weight is 423 g/mol. The molecule has 3 aromatic rings. The number of hydrogen-bond acceptors (Lipinski definition) is 3. The second-order valence-electron chi connectivity index (χ2n) is 8.40. The van der Waals surface area contributed by atoms with Crippen molar-refractivity contribution in [3.8, 4) is 0 Å². The summed E-state index contributed by atoms with van der Waals surface area (Å²) >= 11 is 0. The van der Waals surface area contributed by atoms with E-state index < -0.39 is 17.4 Å². The summed E-state index contributed by atoms with van der Waals surface area (Å²) in [4.78, 5) is 28.2. The lowest BCUT2D eigenvalue weighted by molar-refractivity contribution is -0.127. The third kappa shape index (κ3) is 6.01. The summed E-state index contributed by atoms with van der Waals surface area (Å²) in [5.41, 5.74) is 1.35. The molecule has 1 aromatic heterocycles. The van der Waals surface area contributed by atoms with Crippen LogP contribution in [0.25, 0.3) is 0 Å². The average Bonchev–Trinajstić information content (AvgIpc) is 3.26. The van der Waals surface area contributed by atoms with Gasteiger partial charge in [0.05, 0.1) is 0 Å². The van der Waals surface area contributed by atoms with Crippen molar-refractivity contribution in [1.82, 2.24) is 20.4 Å². The first-order valence-corrected chi connectivity index (χ1v) is 10.2. The Kier molecular flexibility index (Phi) is 6.84. The Morgan fingerprint density at radius 3 is 2.32 bits per heavy atom. The van der Waals surface area contributed by atoms with Crippen molar-refractivity contribution < 1.29 is 14.0 Å². The SMILES string of the molecule is CC(C)(C)NC(=O)[C@H](c1ccc(F)cc1)N(CCc1ccccc1)C(=O)c1ccn[nH]1. The summed E-state index contributed by atoms with van der Waals surface area (Å²) < 4.78 is 13.6. The second kappa shape index (κ2) is 9.55. The van der Waals surface area contributed by atoms with Crippen LogP contribution < -0.4 is 5.32 Å².